The lowest BCUT2D eigenvalue weighted by Gasteiger charge is -2.26. The zero-order chi connectivity index (χ0) is 23.7. The fourth-order valence-electron chi connectivity index (χ4n) is 3.98. The van der Waals surface area contributed by atoms with Gasteiger partial charge >= 0.3 is 0 Å². The third kappa shape index (κ3) is 4.48. The van der Waals surface area contributed by atoms with E-state index in [1.165, 1.54) is 32.7 Å². The molecule has 0 atom stereocenters. The fourth-order valence-corrected chi connectivity index (χ4v) is 6.76. The zero-order valence-electron chi connectivity index (χ0n) is 18.2. The number of amides is 1. The summed E-state index contributed by atoms with van der Waals surface area (Å²) in [5.41, 5.74) is 0.985. The number of halogens is 1. The van der Waals surface area contributed by atoms with Crippen LogP contribution in [-0.2, 0) is 16.6 Å². The van der Waals surface area contributed by atoms with Crippen molar-refractivity contribution >= 4 is 54.2 Å². The van der Waals surface area contributed by atoms with E-state index in [0.717, 1.165) is 24.0 Å². The lowest BCUT2D eigenvalue weighted by molar-refractivity contribution is 0.0983. The molecule has 3 heterocycles. The van der Waals surface area contributed by atoms with Gasteiger partial charge in [0, 0.05) is 18.7 Å². The van der Waals surface area contributed by atoms with Gasteiger partial charge in [0.25, 0.3) is 5.91 Å². The second-order valence-corrected chi connectivity index (χ2v) is 11.4. The number of benzene rings is 2. The van der Waals surface area contributed by atoms with Gasteiger partial charge in [-0.1, -0.05) is 35.4 Å². The molecule has 10 heteroatoms. The Hall–Kier alpha value is -2.72. The minimum absolute atomic E-state index is 0.178. The SMILES string of the molecule is O=C(c1ccc(S(=O)(=O)N2CCCCC2)cc1)N(Cc1ccco1)c1nc2c(Cl)cccc2s1. The Bertz CT molecular complexity index is 1410. The minimum atomic E-state index is -3.57. The second-order valence-electron chi connectivity index (χ2n) is 8.04. The Morgan fingerprint density at radius 3 is 2.50 bits per heavy atom. The molecule has 4 aromatic rings. The lowest BCUT2D eigenvalue weighted by Crippen LogP contribution is -2.35. The number of furan rings is 1. The summed E-state index contributed by atoms with van der Waals surface area (Å²) in [5, 5.41) is 0.993. The average molecular weight is 516 g/mol. The number of carbonyl (C=O) groups excluding carboxylic acids is 1. The number of hydrogen-bond donors (Lipinski definition) is 0. The number of sulfonamides is 1. The first-order valence-corrected chi connectivity index (χ1v) is 13.6. The predicted octanol–water partition coefficient (Wildman–Crippen LogP) is 5.56. The third-order valence-corrected chi connectivity index (χ3v) is 9.04. The number of rotatable bonds is 6. The Morgan fingerprint density at radius 1 is 1.06 bits per heavy atom. The monoisotopic (exact) mass is 515 g/mol. The van der Waals surface area contributed by atoms with E-state index in [9.17, 15) is 13.2 Å². The molecule has 1 fully saturated rings. The minimum Gasteiger partial charge on any atom is -0.467 e. The van der Waals surface area contributed by atoms with Gasteiger partial charge in [0.1, 0.15) is 11.3 Å². The van der Waals surface area contributed by atoms with Crippen LogP contribution in [0.3, 0.4) is 0 Å². The molecule has 0 aliphatic carbocycles. The highest BCUT2D eigenvalue weighted by Gasteiger charge is 2.27. The van der Waals surface area contributed by atoms with Gasteiger partial charge in [-0.2, -0.15) is 4.31 Å². The van der Waals surface area contributed by atoms with Crippen molar-refractivity contribution in [2.75, 3.05) is 18.0 Å². The quantitative estimate of drug-likeness (QED) is 0.335. The molecule has 0 spiro atoms. The molecule has 1 aliphatic rings. The van der Waals surface area contributed by atoms with Crippen LogP contribution in [0.5, 0.6) is 0 Å². The van der Waals surface area contributed by atoms with Crippen molar-refractivity contribution < 1.29 is 17.6 Å². The molecule has 34 heavy (non-hydrogen) atoms. The van der Waals surface area contributed by atoms with Crippen LogP contribution in [0.4, 0.5) is 5.13 Å². The Labute approximate surface area is 206 Å². The number of carbonyl (C=O) groups is 1. The number of thiazole rings is 1. The van der Waals surface area contributed by atoms with Crippen LogP contribution in [0, 0.1) is 0 Å². The number of fused-ring (bicyclic) bond motifs is 1. The number of anilines is 1. The van der Waals surface area contributed by atoms with Crippen LogP contribution in [0.1, 0.15) is 35.4 Å². The van der Waals surface area contributed by atoms with Crippen molar-refractivity contribution in [2.45, 2.75) is 30.7 Å². The van der Waals surface area contributed by atoms with Gasteiger partial charge in [-0.3, -0.25) is 9.69 Å². The summed E-state index contributed by atoms with van der Waals surface area (Å²) >= 11 is 7.66. The normalized spacial score (nSPS) is 15.0. The Balaban J connectivity index is 1.46. The molecule has 176 valence electrons. The molecular weight excluding hydrogens is 494 g/mol. The van der Waals surface area contributed by atoms with Crippen LogP contribution >= 0.6 is 22.9 Å². The second kappa shape index (κ2) is 9.50. The molecule has 0 saturated carbocycles. The summed E-state index contributed by atoms with van der Waals surface area (Å²) in [5.74, 6) is 0.288. The van der Waals surface area contributed by atoms with Crippen LogP contribution in [0.15, 0.2) is 70.2 Å². The lowest BCUT2D eigenvalue weighted by atomic mass is 10.2. The summed E-state index contributed by atoms with van der Waals surface area (Å²) in [6.07, 6.45) is 4.32. The topological polar surface area (TPSA) is 83.7 Å². The molecule has 1 aliphatic heterocycles. The van der Waals surface area contributed by atoms with Crippen LogP contribution < -0.4 is 4.90 Å². The van der Waals surface area contributed by atoms with Crippen molar-refractivity contribution in [3.63, 3.8) is 0 Å². The maximum atomic E-state index is 13.6. The number of para-hydroxylation sites is 1. The molecule has 2 aromatic carbocycles. The first-order valence-electron chi connectivity index (χ1n) is 10.9. The number of piperidine rings is 1. The summed E-state index contributed by atoms with van der Waals surface area (Å²) in [6, 6.07) is 15.1. The van der Waals surface area contributed by atoms with E-state index in [-0.39, 0.29) is 17.3 Å². The molecule has 5 rings (SSSR count). The number of hydrogen-bond acceptors (Lipinski definition) is 6. The Morgan fingerprint density at radius 2 is 1.82 bits per heavy atom. The molecule has 1 amide bonds. The van der Waals surface area contributed by atoms with Gasteiger partial charge in [-0.25, -0.2) is 13.4 Å². The average Bonchev–Trinajstić information content (AvgIpc) is 3.53. The van der Waals surface area contributed by atoms with Crippen molar-refractivity contribution in [1.82, 2.24) is 9.29 Å². The largest absolute Gasteiger partial charge is 0.467 e. The first kappa shape index (κ1) is 23.0. The van der Waals surface area contributed by atoms with E-state index in [2.05, 4.69) is 4.98 Å². The van der Waals surface area contributed by atoms with Crippen molar-refractivity contribution in [1.29, 1.82) is 0 Å². The van der Waals surface area contributed by atoms with E-state index in [1.54, 1.807) is 36.6 Å². The zero-order valence-corrected chi connectivity index (χ0v) is 20.6. The van der Waals surface area contributed by atoms with Crippen LogP contribution in [0.2, 0.25) is 5.02 Å². The van der Waals surface area contributed by atoms with Crippen LogP contribution in [0.25, 0.3) is 10.2 Å². The van der Waals surface area contributed by atoms with Gasteiger partial charge in [0.15, 0.2) is 5.13 Å². The van der Waals surface area contributed by atoms with Gasteiger partial charge in [0.2, 0.25) is 10.0 Å². The van der Waals surface area contributed by atoms with Crippen LogP contribution in [-0.4, -0.2) is 36.7 Å². The van der Waals surface area contributed by atoms with Gasteiger partial charge < -0.3 is 4.42 Å². The van der Waals surface area contributed by atoms with E-state index in [1.807, 2.05) is 12.1 Å². The fraction of sp³-hybridized carbons (Fsp3) is 0.250. The molecule has 0 bridgehead atoms. The number of nitrogens with zero attached hydrogens (tertiary/aromatic N) is 3. The van der Waals surface area contributed by atoms with E-state index < -0.39 is 10.0 Å². The first-order chi connectivity index (χ1) is 16.4. The smallest absolute Gasteiger partial charge is 0.260 e. The third-order valence-electron chi connectivity index (χ3n) is 5.78. The van der Waals surface area contributed by atoms with E-state index in [0.29, 0.717) is 40.1 Å². The van der Waals surface area contributed by atoms with Gasteiger partial charge in [0.05, 0.1) is 27.4 Å². The molecular formula is C24H22ClN3O4S2. The molecule has 0 N–H and O–H groups in total. The molecule has 1 saturated heterocycles. The number of aromatic nitrogens is 1. The highest BCUT2D eigenvalue weighted by Crippen LogP contribution is 2.34. The highest BCUT2D eigenvalue weighted by molar-refractivity contribution is 7.89. The van der Waals surface area contributed by atoms with Crippen molar-refractivity contribution in [3.05, 3.63) is 77.2 Å². The summed E-state index contributed by atoms with van der Waals surface area (Å²) < 4.78 is 33.8. The Kier molecular flexibility index (Phi) is 6.44. The molecule has 0 unspecified atom stereocenters. The maximum absolute atomic E-state index is 13.6. The molecule has 0 radical (unpaired) electrons. The highest BCUT2D eigenvalue weighted by atomic mass is 35.5. The van der Waals surface area contributed by atoms with E-state index >= 15 is 0 Å². The standard InChI is InChI=1S/C24H22ClN3O4S2/c25-20-7-4-8-21-22(20)26-24(33-21)28(16-18-6-5-15-32-18)23(29)17-9-11-19(12-10-17)34(30,31)27-13-2-1-3-14-27/h4-12,15H,1-3,13-14,16H2. The summed E-state index contributed by atoms with van der Waals surface area (Å²) in [4.78, 5) is 19.9. The maximum Gasteiger partial charge on any atom is 0.260 e. The summed E-state index contributed by atoms with van der Waals surface area (Å²) in [6.45, 7) is 1.23. The molecule has 7 nitrogen and oxygen atoms in total. The molecule has 2 aromatic heterocycles. The van der Waals surface area contributed by atoms with E-state index in [4.69, 9.17) is 16.0 Å². The van der Waals surface area contributed by atoms with Crippen molar-refractivity contribution in [3.8, 4) is 0 Å². The summed E-state index contributed by atoms with van der Waals surface area (Å²) in [7, 11) is -3.57. The predicted molar refractivity (Wildman–Crippen MR) is 133 cm³/mol. The van der Waals surface area contributed by atoms with Gasteiger partial charge in [-0.15, -0.1) is 0 Å². The van der Waals surface area contributed by atoms with Crippen molar-refractivity contribution in [2.24, 2.45) is 0 Å². The van der Waals surface area contributed by atoms with Gasteiger partial charge in [-0.05, 0) is 61.4 Å².